The number of carbonyl (C=O) groups excluding carboxylic acids is 1. The van der Waals surface area contributed by atoms with Gasteiger partial charge in [0.1, 0.15) is 24.0 Å². The molecule has 0 saturated carbocycles. The number of rotatable bonds is 3. The molecular formula is C19H17FN4O. The van der Waals surface area contributed by atoms with Crippen molar-refractivity contribution in [1.29, 1.82) is 0 Å². The molecule has 1 aromatic heterocycles. The molecule has 0 spiro atoms. The first-order valence-electron chi connectivity index (χ1n) is 8.25. The largest absolute Gasteiger partial charge is 0.344 e. The Kier molecular flexibility index (Phi) is 4.01. The van der Waals surface area contributed by atoms with Crippen molar-refractivity contribution in [3.05, 3.63) is 60.7 Å². The van der Waals surface area contributed by atoms with Crippen LogP contribution in [0.15, 0.2) is 54.9 Å². The number of nitrogens with one attached hydrogen (secondary N) is 1. The molecule has 6 heteroatoms. The molecule has 25 heavy (non-hydrogen) atoms. The third kappa shape index (κ3) is 3.03. The molecule has 0 aliphatic carbocycles. The zero-order chi connectivity index (χ0) is 17.2. The summed E-state index contributed by atoms with van der Waals surface area (Å²) in [6, 6.07) is 13.3. The van der Waals surface area contributed by atoms with E-state index in [4.69, 9.17) is 0 Å². The monoisotopic (exact) mass is 336 g/mol. The van der Waals surface area contributed by atoms with Crippen molar-refractivity contribution in [3.8, 4) is 0 Å². The van der Waals surface area contributed by atoms with Gasteiger partial charge in [-0.3, -0.25) is 4.79 Å². The lowest BCUT2D eigenvalue weighted by Crippen LogP contribution is -2.40. The summed E-state index contributed by atoms with van der Waals surface area (Å²) in [4.78, 5) is 23.5. The quantitative estimate of drug-likeness (QED) is 0.797. The summed E-state index contributed by atoms with van der Waals surface area (Å²) in [5, 5.41) is 3.80. The number of nitrogens with zero attached hydrogens (tertiary/aromatic N) is 3. The summed E-state index contributed by atoms with van der Waals surface area (Å²) < 4.78 is 13.0. The van der Waals surface area contributed by atoms with Crippen molar-refractivity contribution in [2.45, 2.75) is 18.9 Å². The molecule has 126 valence electrons. The van der Waals surface area contributed by atoms with Gasteiger partial charge in [0.15, 0.2) is 0 Å². The molecule has 5 nitrogen and oxygen atoms in total. The molecule has 1 amide bonds. The van der Waals surface area contributed by atoms with Gasteiger partial charge in [-0.15, -0.1) is 0 Å². The normalized spacial score (nSPS) is 17.0. The highest BCUT2D eigenvalue weighted by Crippen LogP contribution is 2.30. The SMILES string of the molecule is O=C(Nc1ccc(F)cc1)[C@H]1CCCN1c1ncnc2ccccc12. The second-order valence-electron chi connectivity index (χ2n) is 6.06. The third-order valence-electron chi connectivity index (χ3n) is 4.46. The lowest BCUT2D eigenvalue weighted by atomic mass is 10.1. The first kappa shape index (κ1) is 15.5. The number of hydrogen-bond acceptors (Lipinski definition) is 4. The van der Waals surface area contributed by atoms with Crippen molar-refractivity contribution in [3.63, 3.8) is 0 Å². The number of amides is 1. The van der Waals surface area contributed by atoms with E-state index in [1.54, 1.807) is 12.1 Å². The fourth-order valence-corrected chi connectivity index (χ4v) is 3.27. The van der Waals surface area contributed by atoms with E-state index in [1.807, 2.05) is 29.2 Å². The number of carbonyl (C=O) groups is 1. The van der Waals surface area contributed by atoms with Crippen LogP contribution in [-0.4, -0.2) is 28.5 Å². The molecule has 2 aromatic carbocycles. The standard InChI is InChI=1S/C19H17FN4O/c20-13-7-9-14(10-8-13)23-19(25)17-6-3-11-24(17)18-15-4-1-2-5-16(15)21-12-22-18/h1-2,4-5,7-10,12,17H,3,6,11H2,(H,23,25)/t17-/m1/s1. The highest BCUT2D eigenvalue weighted by molar-refractivity contribution is 5.99. The number of aromatic nitrogens is 2. The van der Waals surface area contributed by atoms with E-state index in [1.165, 1.54) is 18.5 Å². The smallest absolute Gasteiger partial charge is 0.247 e. The Morgan fingerprint density at radius 3 is 2.76 bits per heavy atom. The fourth-order valence-electron chi connectivity index (χ4n) is 3.27. The van der Waals surface area contributed by atoms with Crippen LogP contribution in [0.5, 0.6) is 0 Å². The van der Waals surface area contributed by atoms with Crippen LogP contribution in [0, 0.1) is 5.82 Å². The summed E-state index contributed by atoms with van der Waals surface area (Å²) in [5.41, 5.74) is 1.45. The number of anilines is 2. The molecule has 1 N–H and O–H groups in total. The second-order valence-corrected chi connectivity index (χ2v) is 6.06. The van der Waals surface area contributed by atoms with Crippen LogP contribution in [0.3, 0.4) is 0 Å². The summed E-state index contributed by atoms with van der Waals surface area (Å²) in [5.74, 6) is 0.349. The number of hydrogen-bond donors (Lipinski definition) is 1. The Morgan fingerprint density at radius 1 is 1.12 bits per heavy atom. The molecule has 1 atom stereocenters. The predicted octanol–water partition coefficient (Wildman–Crippen LogP) is 3.38. The van der Waals surface area contributed by atoms with Crippen LogP contribution in [0.2, 0.25) is 0 Å². The second kappa shape index (κ2) is 6.47. The first-order chi connectivity index (χ1) is 12.2. The van der Waals surface area contributed by atoms with Crippen LogP contribution >= 0.6 is 0 Å². The average Bonchev–Trinajstić information content (AvgIpc) is 3.13. The van der Waals surface area contributed by atoms with Crippen LogP contribution < -0.4 is 10.2 Å². The molecule has 0 unspecified atom stereocenters. The van der Waals surface area contributed by atoms with E-state index in [-0.39, 0.29) is 17.8 Å². The first-order valence-corrected chi connectivity index (χ1v) is 8.25. The molecule has 1 aliphatic rings. The molecule has 0 radical (unpaired) electrons. The summed E-state index contributed by atoms with van der Waals surface area (Å²) in [7, 11) is 0. The van der Waals surface area contributed by atoms with Gasteiger partial charge < -0.3 is 10.2 Å². The molecule has 1 aliphatic heterocycles. The number of para-hydroxylation sites is 1. The Balaban J connectivity index is 1.61. The van der Waals surface area contributed by atoms with Gasteiger partial charge in [-0.1, -0.05) is 12.1 Å². The Hall–Kier alpha value is -3.02. The van der Waals surface area contributed by atoms with Crippen molar-refractivity contribution in [2.75, 3.05) is 16.8 Å². The molecular weight excluding hydrogens is 319 g/mol. The number of fused-ring (bicyclic) bond motifs is 1. The number of halogens is 1. The molecule has 3 aromatic rings. The van der Waals surface area contributed by atoms with E-state index in [0.717, 1.165) is 36.1 Å². The van der Waals surface area contributed by atoms with Crippen LogP contribution in [0.25, 0.3) is 10.9 Å². The molecule has 2 heterocycles. The van der Waals surface area contributed by atoms with Crippen molar-refractivity contribution in [2.24, 2.45) is 0 Å². The number of benzene rings is 2. The van der Waals surface area contributed by atoms with Crippen molar-refractivity contribution >= 4 is 28.3 Å². The maximum absolute atomic E-state index is 13.0. The minimum absolute atomic E-state index is 0.105. The maximum atomic E-state index is 13.0. The molecule has 0 bridgehead atoms. The van der Waals surface area contributed by atoms with E-state index >= 15 is 0 Å². The van der Waals surface area contributed by atoms with E-state index in [0.29, 0.717) is 5.69 Å². The van der Waals surface area contributed by atoms with Gasteiger partial charge in [-0.25, -0.2) is 14.4 Å². The topological polar surface area (TPSA) is 58.1 Å². The van der Waals surface area contributed by atoms with E-state index in [9.17, 15) is 9.18 Å². The van der Waals surface area contributed by atoms with E-state index < -0.39 is 0 Å². The highest BCUT2D eigenvalue weighted by Gasteiger charge is 2.32. The van der Waals surface area contributed by atoms with Gasteiger partial charge in [0, 0.05) is 17.6 Å². The van der Waals surface area contributed by atoms with Crippen molar-refractivity contribution < 1.29 is 9.18 Å². The Bertz CT molecular complexity index is 907. The van der Waals surface area contributed by atoms with Gasteiger partial charge in [0.2, 0.25) is 5.91 Å². The Morgan fingerprint density at radius 2 is 1.92 bits per heavy atom. The fraction of sp³-hybridized carbons (Fsp3) is 0.211. The summed E-state index contributed by atoms with van der Waals surface area (Å²) >= 11 is 0. The van der Waals surface area contributed by atoms with Crippen LogP contribution in [0.1, 0.15) is 12.8 Å². The zero-order valence-electron chi connectivity index (χ0n) is 13.5. The lowest BCUT2D eigenvalue weighted by molar-refractivity contribution is -0.117. The summed E-state index contributed by atoms with van der Waals surface area (Å²) in [6.07, 6.45) is 3.20. The van der Waals surface area contributed by atoms with Gasteiger partial charge in [-0.2, -0.15) is 0 Å². The molecule has 1 fully saturated rings. The third-order valence-corrected chi connectivity index (χ3v) is 4.46. The lowest BCUT2D eigenvalue weighted by Gasteiger charge is -2.25. The minimum Gasteiger partial charge on any atom is -0.344 e. The minimum atomic E-state index is -0.326. The maximum Gasteiger partial charge on any atom is 0.247 e. The van der Waals surface area contributed by atoms with Gasteiger partial charge in [-0.05, 0) is 49.2 Å². The molecule has 1 saturated heterocycles. The highest BCUT2D eigenvalue weighted by atomic mass is 19.1. The Labute approximate surface area is 144 Å². The van der Waals surface area contributed by atoms with Gasteiger partial charge in [0.25, 0.3) is 0 Å². The van der Waals surface area contributed by atoms with Crippen molar-refractivity contribution in [1.82, 2.24) is 9.97 Å². The average molecular weight is 336 g/mol. The van der Waals surface area contributed by atoms with E-state index in [2.05, 4.69) is 15.3 Å². The van der Waals surface area contributed by atoms with Gasteiger partial charge in [0.05, 0.1) is 5.52 Å². The summed E-state index contributed by atoms with van der Waals surface area (Å²) in [6.45, 7) is 0.766. The van der Waals surface area contributed by atoms with Crippen LogP contribution in [0.4, 0.5) is 15.9 Å². The van der Waals surface area contributed by atoms with Gasteiger partial charge >= 0.3 is 0 Å². The molecule has 4 rings (SSSR count). The predicted molar refractivity (Wildman–Crippen MR) is 94.9 cm³/mol. The zero-order valence-corrected chi connectivity index (χ0v) is 13.5. The van der Waals surface area contributed by atoms with Crippen LogP contribution in [-0.2, 0) is 4.79 Å².